The SMILES string of the molecule is Cc1ccc(C)c(S(=O)(=O)N2CC[C@@H](OCC3CC3)C2)c1. The average Bonchev–Trinajstić information content (AvgIpc) is 3.15. The van der Waals surface area contributed by atoms with Crippen LogP contribution < -0.4 is 0 Å². The van der Waals surface area contributed by atoms with Gasteiger partial charge in [0.25, 0.3) is 0 Å². The van der Waals surface area contributed by atoms with Crippen molar-refractivity contribution in [3.63, 3.8) is 0 Å². The lowest BCUT2D eigenvalue weighted by Gasteiger charge is -2.18. The fraction of sp³-hybridized carbons (Fsp3) is 0.625. The number of benzene rings is 1. The maximum Gasteiger partial charge on any atom is 0.243 e. The third kappa shape index (κ3) is 3.30. The highest BCUT2D eigenvalue weighted by molar-refractivity contribution is 7.89. The van der Waals surface area contributed by atoms with Crippen LogP contribution in [0.3, 0.4) is 0 Å². The Hall–Kier alpha value is -0.910. The Morgan fingerprint density at radius 2 is 2.00 bits per heavy atom. The van der Waals surface area contributed by atoms with Crippen LogP contribution in [0, 0.1) is 19.8 Å². The summed E-state index contributed by atoms with van der Waals surface area (Å²) in [6.07, 6.45) is 3.39. The molecule has 1 saturated heterocycles. The molecular weight excluding hydrogens is 286 g/mol. The van der Waals surface area contributed by atoms with Crippen LogP contribution in [0.25, 0.3) is 0 Å². The van der Waals surface area contributed by atoms with Gasteiger partial charge in [-0.05, 0) is 56.2 Å². The van der Waals surface area contributed by atoms with Gasteiger partial charge in [0, 0.05) is 19.7 Å². The molecule has 21 heavy (non-hydrogen) atoms. The number of rotatable bonds is 5. The molecule has 3 rings (SSSR count). The van der Waals surface area contributed by atoms with Gasteiger partial charge in [-0.15, -0.1) is 0 Å². The smallest absolute Gasteiger partial charge is 0.243 e. The average molecular weight is 309 g/mol. The summed E-state index contributed by atoms with van der Waals surface area (Å²) in [5.41, 5.74) is 1.78. The van der Waals surface area contributed by atoms with Gasteiger partial charge in [-0.3, -0.25) is 0 Å². The molecule has 116 valence electrons. The summed E-state index contributed by atoms with van der Waals surface area (Å²) in [6, 6.07) is 5.59. The largest absolute Gasteiger partial charge is 0.377 e. The molecule has 1 atom stereocenters. The summed E-state index contributed by atoms with van der Waals surface area (Å²) in [5.74, 6) is 0.717. The van der Waals surface area contributed by atoms with Crippen molar-refractivity contribution in [1.82, 2.24) is 4.31 Å². The molecule has 4 nitrogen and oxygen atoms in total. The Morgan fingerprint density at radius 3 is 2.71 bits per heavy atom. The molecule has 0 radical (unpaired) electrons. The minimum absolute atomic E-state index is 0.0606. The highest BCUT2D eigenvalue weighted by Crippen LogP contribution is 2.31. The molecule has 2 aliphatic rings. The van der Waals surface area contributed by atoms with Crippen molar-refractivity contribution in [2.24, 2.45) is 5.92 Å². The molecule has 0 bridgehead atoms. The Labute approximate surface area is 127 Å². The van der Waals surface area contributed by atoms with Gasteiger partial charge in [0.1, 0.15) is 0 Å². The molecule has 0 amide bonds. The van der Waals surface area contributed by atoms with Gasteiger partial charge in [-0.2, -0.15) is 4.31 Å². The molecule has 1 aliphatic heterocycles. The fourth-order valence-electron chi connectivity index (χ4n) is 2.73. The van der Waals surface area contributed by atoms with E-state index in [1.54, 1.807) is 10.4 Å². The first kappa shape index (κ1) is 15.0. The number of aryl methyl sites for hydroxylation is 2. The predicted molar refractivity (Wildman–Crippen MR) is 81.8 cm³/mol. The van der Waals surface area contributed by atoms with E-state index < -0.39 is 10.0 Å². The van der Waals surface area contributed by atoms with Gasteiger partial charge in [0.15, 0.2) is 0 Å². The van der Waals surface area contributed by atoms with Crippen LogP contribution >= 0.6 is 0 Å². The van der Waals surface area contributed by atoms with E-state index >= 15 is 0 Å². The summed E-state index contributed by atoms with van der Waals surface area (Å²) in [4.78, 5) is 0.436. The summed E-state index contributed by atoms with van der Waals surface area (Å²) >= 11 is 0. The van der Waals surface area contributed by atoms with Gasteiger partial charge in [0.05, 0.1) is 11.0 Å². The fourth-order valence-corrected chi connectivity index (χ4v) is 4.53. The number of hydrogen-bond acceptors (Lipinski definition) is 3. The number of hydrogen-bond donors (Lipinski definition) is 0. The van der Waals surface area contributed by atoms with Crippen LogP contribution in [0.1, 0.15) is 30.4 Å². The van der Waals surface area contributed by atoms with Crippen molar-refractivity contribution >= 4 is 10.0 Å². The zero-order valence-corrected chi connectivity index (χ0v) is 13.5. The van der Waals surface area contributed by atoms with Crippen LogP contribution in [0.2, 0.25) is 0 Å². The summed E-state index contributed by atoms with van der Waals surface area (Å²) in [6.45, 7) is 5.61. The lowest BCUT2D eigenvalue weighted by Crippen LogP contribution is -2.31. The van der Waals surface area contributed by atoms with E-state index in [1.165, 1.54) is 12.8 Å². The van der Waals surface area contributed by atoms with Gasteiger partial charge < -0.3 is 4.74 Å². The Morgan fingerprint density at radius 1 is 1.24 bits per heavy atom. The maximum absolute atomic E-state index is 12.8. The zero-order valence-electron chi connectivity index (χ0n) is 12.7. The van der Waals surface area contributed by atoms with E-state index in [1.807, 2.05) is 26.0 Å². The molecule has 2 fully saturated rings. The molecule has 0 spiro atoms. The Balaban J connectivity index is 1.71. The molecule has 0 N–H and O–H groups in total. The molecule has 5 heteroatoms. The Kier molecular flexibility index (Phi) is 4.08. The van der Waals surface area contributed by atoms with Crippen LogP contribution in [0.15, 0.2) is 23.1 Å². The second-order valence-electron chi connectivity index (χ2n) is 6.32. The van der Waals surface area contributed by atoms with Crippen LogP contribution in [0.5, 0.6) is 0 Å². The molecule has 0 unspecified atom stereocenters. The standard InChI is InChI=1S/C16H23NO3S/c1-12-3-4-13(2)16(9-12)21(18,19)17-8-7-15(10-17)20-11-14-5-6-14/h3-4,9,14-15H,5-8,10-11H2,1-2H3/t15-/m1/s1. The molecular formula is C16H23NO3S. The quantitative estimate of drug-likeness (QED) is 0.839. The van der Waals surface area contributed by atoms with E-state index in [2.05, 4.69) is 0 Å². The molecule has 1 aromatic carbocycles. The normalized spacial score (nSPS) is 23.6. The highest BCUT2D eigenvalue weighted by Gasteiger charge is 2.34. The zero-order chi connectivity index (χ0) is 15.0. The summed E-state index contributed by atoms with van der Waals surface area (Å²) < 4.78 is 33.0. The minimum Gasteiger partial charge on any atom is -0.377 e. The molecule has 1 heterocycles. The second kappa shape index (κ2) is 5.71. The molecule has 0 aromatic heterocycles. The van der Waals surface area contributed by atoms with E-state index in [-0.39, 0.29) is 6.10 Å². The first-order chi connectivity index (χ1) is 9.96. The van der Waals surface area contributed by atoms with Gasteiger partial charge in [-0.25, -0.2) is 8.42 Å². The van der Waals surface area contributed by atoms with Crippen molar-refractivity contribution in [3.8, 4) is 0 Å². The maximum atomic E-state index is 12.8. The van der Waals surface area contributed by atoms with Crippen LogP contribution in [0.4, 0.5) is 0 Å². The lowest BCUT2D eigenvalue weighted by molar-refractivity contribution is 0.0561. The minimum atomic E-state index is -3.39. The van der Waals surface area contributed by atoms with Gasteiger partial charge in [-0.1, -0.05) is 12.1 Å². The second-order valence-corrected chi connectivity index (χ2v) is 8.23. The summed E-state index contributed by atoms with van der Waals surface area (Å²) in [5, 5.41) is 0. The van der Waals surface area contributed by atoms with Gasteiger partial charge >= 0.3 is 0 Å². The number of ether oxygens (including phenoxy) is 1. The monoisotopic (exact) mass is 309 g/mol. The first-order valence-corrected chi connectivity index (χ1v) is 9.10. The third-order valence-corrected chi connectivity index (χ3v) is 6.34. The van der Waals surface area contributed by atoms with E-state index in [4.69, 9.17) is 4.74 Å². The van der Waals surface area contributed by atoms with E-state index in [0.29, 0.717) is 18.0 Å². The first-order valence-electron chi connectivity index (χ1n) is 7.66. The van der Waals surface area contributed by atoms with Crippen molar-refractivity contribution in [3.05, 3.63) is 29.3 Å². The molecule has 1 saturated carbocycles. The topological polar surface area (TPSA) is 46.6 Å². The van der Waals surface area contributed by atoms with Crippen molar-refractivity contribution in [2.45, 2.75) is 44.1 Å². The van der Waals surface area contributed by atoms with E-state index in [9.17, 15) is 8.42 Å². The highest BCUT2D eigenvalue weighted by atomic mass is 32.2. The third-order valence-electron chi connectivity index (χ3n) is 4.33. The summed E-state index contributed by atoms with van der Waals surface area (Å²) in [7, 11) is -3.39. The van der Waals surface area contributed by atoms with Crippen molar-refractivity contribution < 1.29 is 13.2 Å². The predicted octanol–water partition coefficient (Wildman–Crippen LogP) is 2.49. The number of sulfonamides is 1. The van der Waals surface area contributed by atoms with Gasteiger partial charge in [0.2, 0.25) is 10.0 Å². The van der Waals surface area contributed by atoms with Crippen LogP contribution in [-0.2, 0) is 14.8 Å². The molecule has 1 aromatic rings. The molecule has 1 aliphatic carbocycles. The van der Waals surface area contributed by atoms with E-state index in [0.717, 1.165) is 30.1 Å². The van der Waals surface area contributed by atoms with Crippen LogP contribution in [-0.4, -0.2) is 38.5 Å². The Bertz CT molecular complexity index is 622. The van der Waals surface area contributed by atoms with Crippen molar-refractivity contribution in [1.29, 1.82) is 0 Å². The lowest BCUT2D eigenvalue weighted by atomic mass is 10.2. The number of nitrogens with zero attached hydrogens (tertiary/aromatic N) is 1. The van der Waals surface area contributed by atoms with Crippen molar-refractivity contribution in [2.75, 3.05) is 19.7 Å².